The minimum absolute atomic E-state index is 0.0462. The van der Waals surface area contributed by atoms with Gasteiger partial charge in [0.25, 0.3) is 0 Å². The van der Waals surface area contributed by atoms with E-state index >= 15 is 0 Å². The van der Waals surface area contributed by atoms with E-state index in [9.17, 15) is 4.79 Å². The van der Waals surface area contributed by atoms with E-state index in [1.807, 2.05) is 24.3 Å². The lowest BCUT2D eigenvalue weighted by atomic mass is 10.1. The summed E-state index contributed by atoms with van der Waals surface area (Å²) in [5.74, 6) is -0.319. The fourth-order valence-electron chi connectivity index (χ4n) is 1.61. The van der Waals surface area contributed by atoms with Crippen molar-refractivity contribution in [1.82, 2.24) is 10.3 Å². The molecule has 1 atom stereocenters. The zero-order valence-corrected chi connectivity index (χ0v) is 10.9. The normalized spacial score (nSPS) is 14.0. The first-order valence-corrected chi connectivity index (χ1v) is 5.95. The van der Waals surface area contributed by atoms with Gasteiger partial charge in [0.2, 0.25) is 0 Å². The van der Waals surface area contributed by atoms with E-state index in [2.05, 4.69) is 10.3 Å². The second-order valence-corrected chi connectivity index (χ2v) is 4.53. The van der Waals surface area contributed by atoms with Crippen molar-refractivity contribution in [3.63, 3.8) is 0 Å². The van der Waals surface area contributed by atoms with Gasteiger partial charge in [-0.05, 0) is 38.2 Å². The number of aliphatic carboxylic acids is 1. The Labute approximate surface area is 111 Å². The van der Waals surface area contributed by atoms with Gasteiger partial charge in [0.15, 0.2) is 0 Å². The van der Waals surface area contributed by atoms with E-state index in [1.54, 1.807) is 26.2 Å². The molecule has 2 aromatic rings. The Bertz CT molecular complexity index is 600. The number of hydrogen-bond acceptors (Lipinski definition) is 4. The van der Waals surface area contributed by atoms with Gasteiger partial charge in [-0.25, -0.2) is 0 Å². The van der Waals surface area contributed by atoms with Crippen LogP contribution in [0.25, 0.3) is 10.9 Å². The molecule has 0 aliphatic rings. The van der Waals surface area contributed by atoms with Gasteiger partial charge in [0.1, 0.15) is 17.9 Å². The number of fused-ring (bicyclic) bond motifs is 1. The van der Waals surface area contributed by atoms with Crippen LogP contribution in [-0.4, -0.2) is 35.3 Å². The second kappa shape index (κ2) is 5.24. The van der Waals surface area contributed by atoms with Crippen LogP contribution in [0.1, 0.15) is 6.92 Å². The average molecular weight is 260 g/mol. The van der Waals surface area contributed by atoms with E-state index in [0.29, 0.717) is 5.75 Å². The molecule has 5 heteroatoms. The lowest BCUT2D eigenvalue weighted by Crippen LogP contribution is -2.52. The van der Waals surface area contributed by atoms with Gasteiger partial charge in [0.05, 0.1) is 5.52 Å². The first-order valence-electron chi connectivity index (χ1n) is 5.95. The molecule has 1 aromatic heterocycles. The SMILES string of the molecule is CNC(C)(COc1ccc2ncccc2c1)C(=O)O. The molecule has 0 radical (unpaired) electrons. The molecule has 5 nitrogen and oxygen atoms in total. The van der Waals surface area contributed by atoms with Crippen molar-refractivity contribution in [3.05, 3.63) is 36.5 Å². The van der Waals surface area contributed by atoms with Crippen molar-refractivity contribution >= 4 is 16.9 Å². The third kappa shape index (κ3) is 2.82. The fourth-order valence-corrected chi connectivity index (χ4v) is 1.61. The number of nitrogens with zero attached hydrogens (tertiary/aromatic N) is 1. The van der Waals surface area contributed by atoms with Crippen molar-refractivity contribution in [2.45, 2.75) is 12.5 Å². The number of likely N-dealkylation sites (N-methyl/N-ethyl adjacent to an activating group) is 1. The zero-order chi connectivity index (χ0) is 13.9. The smallest absolute Gasteiger partial charge is 0.327 e. The van der Waals surface area contributed by atoms with E-state index in [1.165, 1.54) is 0 Å². The van der Waals surface area contributed by atoms with Crippen LogP contribution in [-0.2, 0) is 4.79 Å². The Morgan fingerprint density at radius 3 is 2.95 bits per heavy atom. The van der Waals surface area contributed by atoms with Crippen molar-refractivity contribution < 1.29 is 14.6 Å². The predicted octanol–water partition coefficient (Wildman–Crippen LogP) is 1.68. The number of hydrogen-bond donors (Lipinski definition) is 2. The van der Waals surface area contributed by atoms with Gasteiger partial charge in [-0.2, -0.15) is 0 Å². The monoisotopic (exact) mass is 260 g/mol. The second-order valence-electron chi connectivity index (χ2n) is 4.53. The highest BCUT2D eigenvalue weighted by Crippen LogP contribution is 2.20. The summed E-state index contributed by atoms with van der Waals surface area (Å²) in [6, 6.07) is 9.26. The molecule has 1 aromatic carbocycles. The van der Waals surface area contributed by atoms with E-state index in [0.717, 1.165) is 10.9 Å². The maximum atomic E-state index is 11.1. The molecule has 0 spiro atoms. The first-order chi connectivity index (χ1) is 9.05. The number of ether oxygens (including phenoxy) is 1. The topological polar surface area (TPSA) is 71.5 Å². The van der Waals surface area contributed by atoms with Crippen LogP contribution in [0, 0.1) is 0 Å². The largest absolute Gasteiger partial charge is 0.491 e. The van der Waals surface area contributed by atoms with Crippen LogP contribution >= 0.6 is 0 Å². The Kier molecular flexibility index (Phi) is 3.66. The van der Waals surface area contributed by atoms with Gasteiger partial charge in [-0.15, -0.1) is 0 Å². The molecule has 0 saturated heterocycles. The van der Waals surface area contributed by atoms with Crippen LogP contribution in [0.5, 0.6) is 5.75 Å². The fraction of sp³-hybridized carbons (Fsp3) is 0.286. The number of aromatic nitrogens is 1. The maximum absolute atomic E-state index is 11.1. The van der Waals surface area contributed by atoms with Crippen molar-refractivity contribution in [1.29, 1.82) is 0 Å². The van der Waals surface area contributed by atoms with Gasteiger partial charge >= 0.3 is 5.97 Å². The lowest BCUT2D eigenvalue weighted by molar-refractivity contribution is -0.145. The molecule has 1 unspecified atom stereocenters. The maximum Gasteiger partial charge on any atom is 0.327 e. The Morgan fingerprint density at radius 1 is 1.47 bits per heavy atom. The quantitative estimate of drug-likeness (QED) is 0.855. The number of benzene rings is 1. The summed E-state index contributed by atoms with van der Waals surface area (Å²) in [5.41, 5.74) is -0.228. The molecule has 1 heterocycles. The summed E-state index contributed by atoms with van der Waals surface area (Å²) in [6.07, 6.45) is 1.73. The van der Waals surface area contributed by atoms with Gasteiger partial charge < -0.3 is 15.2 Å². The molecule has 0 amide bonds. The number of carbonyl (C=O) groups is 1. The van der Waals surface area contributed by atoms with Gasteiger partial charge in [0, 0.05) is 11.6 Å². The van der Waals surface area contributed by atoms with Crippen LogP contribution in [0.4, 0.5) is 0 Å². The molecule has 2 rings (SSSR count). The van der Waals surface area contributed by atoms with E-state index < -0.39 is 11.5 Å². The Morgan fingerprint density at radius 2 is 2.26 bits per heavy atom. The number of carboxylic acid groups (broad SMARTS) is 1. The molecule has 0 saturated carbocycles. The standard InChI is InChI=1S/C14H16N2O3/c1-14(15-2,13(17)18)9-19-11-5-6-12-10(8-11)4-3-7-16-12/h3-8,15H,9H2,1-2H3,(H,17,18). The summed E-state index contributed by atoms with van der Waals surface area (Å²) in [5, 5.41) is 12.8. The summed E-state index contributed by atoms with van der Waals surface area (Å²) >= 11 is 0. The number of pyridine rings is 1. The molecule has 100 valence electrons. The van der Waals surface area contributed by atoms with Gasteiger partial charge in [-0.1, -0.05) is 6.07 Å². The van der Waals surface area contributed by atoms with Crippen LogP contribution in [0.15, 0.2) is 36.5 Å². The Balaban J connectivity index is 2.15. The van der Waals surface area contributed by atoms with Gasteiger partial charge in [-0.3, -0.25) is 9.78 Å². The number of nitrogens with one attached hydrogen (secondary N) is 1. The van der Waals surface area contributed by atoms with Crippen LogP contribution in [0.3, 0.4) is 0 Å². The molecule has 0 bridgehead atoms. The summed E-state index contributed by atoms with van der Waals surface area (Å²) in [4.78, 5) is 15.3. The molecule has 0 aliphatic heterocycles. The molecular formula is C14H16N2O3. The highest BCUT2D eigenvalue weighted by molar-refractivity contribution is 5.80. The van der Waals surface area contributed by atoms with Crippen LogP contribution in [0.2, 0.25) is 0 Å². The minimum Gasteiger partial charge on any atom is -0.491 e. The van der Waals surface area contributed by atoms with Crippen molar-refractivity contribution in [2.24, 2.45) is 0 Å². The zero-order valence-electron chi connectivity index (χ0n) is 10.9. The molecular weight excluding hydrogens is 244 g/mol. The lowest BCUT2D eigenvalue weighted by Gasteiger charge is -2.24. The number of rotatable bonds is 5. The molecule has 0 fully saturated rings. The average Bonchev–Trinajstić information content (AvgIpc) is 2.44. The van der Waals surface area contributed by atoms with Crippen molar-refractivity contribution in [3.8, 4) is 5.75 Å². The predicted molar refractivity (Wildman–Crippen MR) is 72.3 cm³/mol. The third-order valence-electron chi connectivity index (χ3n) is 3.13. The summed E-state index contributed by atoms with van der Waals surface area (Å²) < 4.78 is 5.56. The summed E-state index contributed by atoms with van der Waals surface area (Å²) in [7, 11) is 1.60. The third-order valence-corrected chi connectivity index (χ3v) is 3.13. The summed E-state index contributed by atoms with van der Waals surface area (Å²) in [6.45, 7) is 1.63. The molecule has 19 heavy (non-hydrogen) atoms. The first kappa shape index (κ1) is 13.3. The van der Waals surface area contributed by atoms with E-state index in [4.69, 9.17) is 9.84 Å². The van der Waals surface area contributed by atoms with Crippen molar-refractivity contribution in [2.75, 3.05) is 13.7 Å². The van der Waals surface area contributed by atoms with E-state index in [-0.39, 0.29) is 6.61 Å². The Hall–Kier alpha value is -2.14. The highest BCUT2D eigenvalue weighted by Gasteiger charge is 2.32. The van der Waals surface area contributed by atoms with Crippen LogP contribution < -0.4 is 10.1 Å². The minimum atomic E-state index is -1.11. The molecule has 2 N–H and O–H groups in total. The number of carboxylic acids is 1. The highest BCUT2D eigenvalue weighted by atomic mass is 16.5. The molecule has 0 aliphatic carbocycles.